The summed E-state index contributed by atoms with van der Waals surface area (Å²) in [7, 11) is 2.05. The number of nitrogens with two attached hydrogens (primary N) is 3. The molecule has 0 aliphatic carbocycles. The topological polar surface area (TPSA) is 106 Å². The molecule has 0 heterocycles. The fourth-order valence-corrected chi connectivity index (χ4v) is 3.23. The third-order valence-electron chi connectivity index (χ3n) is 2.47. The minimum Gasteiger partial charge on any atom is -0.377 e. The van der Waals surface area contributed by atoms with Gasteiger partial charge < -0.3 is 30.5 Å². The fraction of sp³-hybridized carbons (Fsp3) is 1.00. The summed E-state index contributed by atoms with van der Waals surface area (Å²) in [5, 5.41) is 0. The maximum absolute atomic E-state index is 5.93. The molecule has 6 nitrogen and oxygen atoms in total. The maximum atomic E-state index is 5.93. The summed E-state index contributed by atoms with van der Waals surface area (Å²) in [4.78, 5) is 0. The fourth-order valence-electron chi connectivity index (χ4n) is 1.35. The number of hydrogen-bond donors (Lipinski definition) is 3. The molecule has 0 bridgehead atoms. The summed E-state index contributed by atoms with van der Waals surface area (Å²) in [5.41, 5.74) is 17.2. The number of rotatable bonds is 8. The zero-order valence-corrected chi connectivity index (χ0v) is 10.7. The van der Waals surface area contributed by atoms with Gasteiger partial charge in [-0.1, -0.05) is 0 Å². The second-order valence-corrected chi connectivity index (χ2v) is 6.40. The van der Waals surface area contributed by atoms with Gasteiger partial charge in [-0.25, -0.2) is 0 Å². The Bertz CT molecular complexity index is 161. The molecule has 0 saturated carbocycles. The van der Waals surface area contributed by atoms with Crippen molar-refractivity contribution >= 4 is 8.80 Å². The molecule has 0 amide bonds. The van der Waals surface area contributed by atoms with Crippen LogP contribution in [0.25, 0.3) is 0 Å². The van der Waals surface area contributed by atoms with E-state index in [9.17, 15) is 0 Å². The lowest BCUT2D eigenvalue weighted by Crippen LogP contribution is -2.53. The summed E-state index contributed by atoms with van der Waals surface area (Å²) >= 11 is 0. The highest BCUT2D eigenvalue weighted by Gasteiger charge is 2.40. The molecule has 0 aromatic rings. The minimum absolute atomic E-state index is 0.151. The highest BCUT2D eigenvalue weighted by Crippen LogP contribution is 2.16. The van der Waals surface area contributed by atoms with E-state index in [4.69, 9.17) is 30.5 Å². The van der Waals surface area contributed by atoms with Crippen molar-refractivity contribution < 1.29 is 13.3 Å². The Morgan fingerprint density at radius 1 is 1.00 bits per heavy atom. The third kappa shape index (κ3) is 4.56. The van der Waals surface area contributed by atoms with E-state index in [2.05, 4.69) is 0 Å². The Morgan fingerprint density at radius 2 is 1.47 bits per heavy atom. The molecule has 2 atom stereocenters. The van der Waals surface area contributed by atoms with Crippen LogP contribution in [0.2, 0.25) is 6.04 Å². The van der Waals surface area contributed by atoms with Crippen molar-refractivity contribution in [3.05, 3.63) is 0 Å². The van der Waals surface area contributed by atoms with E-state index in [0.717, 1.165) is 0 Å². The van der Waals surface area contributed by atoms with Gasteiger partial charge in [-0.05, 0) is 13.0 Å². The summed E-state index contributed by atoms with van der Waals surface area (Å²) in [6, 6.07) is 0.125. The van der Waals surface area contributed by atoms with Gasteiger partial charge in [0.15, 0.2) is 0 Å². The van der Waals surface area contributed by atoms with Crippen LogP contribution >= 0.6 is 0 Å². The van der Waals surface area contributed by atoms with Crippen molar-refractivity contribution in [2.45, 2.75) is 24.5 Å². The molecular formula is C8H23N3O3Si. The Hall–Kier alpha value is -0.0231. The van der Waals surface area contributed by atoms with E-state index in [1.807, 2.05) is 0 Å². The lowest BCUT2D eigenvalue weighted by molar-refractivity contribution is 0.120. The van der Waals surface area contributed by atoms with E-state index >= 15 is 0 Å². The van der Waals surface area contributed by atoms with Crippen LogP contribution in [0, 0.1) is 0 Å². The van der Waals surface area contributed by atoms with E-state index in [1.165, 1.54) is 0 Å². The average molecular weight is 237 g/mol. The minimum atomic E-state index is -2.62. The van der Waals surface area contributed by atoms with Crippen LogP contribution in [0.1, 0.15) is 6.42 Å². The van der Waals surface area contributed by atoms with Gasteiger partial charge in [0, 0.05) is 39.5 Å². The molecule has 0 aromatic heterocycles. The standard InChI is InChI=1S/C8H23N3O3Si/c1-12-15(13-2,14-3)6-8(11)7(10)4-5-9/h7-8H,4-6,9-11H2,1-3H3. The Labute approximate surface area is 92.4 Å². The molecule has 0 aliphatic heterocycles. The summed E-state index contributed by atoms with van der Waals surface area (Å²) in [6.07, 6.45) is 0.683. The molecule has 0 radical (unpaired) electrons. The van der Waals surface area contributed by atoms with Gasteiger partial charge in [-0.3, -0.25) is 0 Å². The predicted molar refractivity (Wildman–Crippen MR) is 61.2 cm³/mol. The lowest BCUT2D eigenvalue weighted by Gasteiger charge is -2.29. The van der Waals surface area contributed by atoms with E-state index in [1.54, 1.807) is 21.3 Å². The molecule has 0 saturated heterocycles. The van der Waals surface area contributed by atoms with Crippen molar-refractivity contribution in [2.75, 3.05) is 27.9 Å². The molecule has 6 N–H and O–H groups in total. The maximum Gasteiger partial charge on any atom is 0.501 e. The molecule has 92 valence electrons. The quantitative estimate of drug-likeness (QED) is 0.461. The van der Waals surface area contributed by atoms with Gasteiger partial charge in [0.25, 0.3) is 0 Å². The Morgan fingerprint density at radius 3 is 1.80 bits per heavy atom. The van der Waals surface area contributed by atoms with Crippen LogP contribution < -0.4 is 17.2 Å². The van der Waals surface area contributed by atoms with E-state index in [0.29, 0.717) is 19.0 Å². The van der Waals surface area contributed by atoms with Crippen LogP contribution in [0.4, 0.5) is 0 Å². The van der Waals surface area contributed by atoms with Gasteiger partial charge in [-0.2, -0.15) is 0 Å². The van der Waals surface area contributed by atoms with Crippen molar-refractivity contribution in [2.24, 2.45) is 17.2 Å². The summed E-state index contributed by atoms with van der Waals surface area (Å²) in [5.74, 6) is 0. The second kappa shape index (κ2) is 7.28. The highest BCUT2D eigenvalue weighted by molar-refractivity contribution is 6.60. The second-order valence-electron chi connectivity index (χ2n) is 3.40. The smallest absolute Gasteiger partial charge is 0.377 e. The molecular weight excluding hydrogens is 214 g/mol. The first-order valence-electron chi connectivity index (χ1n) is 4.92. The van der Waals surface area contributed by atoms with Crippen molar-refractivity contribution in [1.82, 2.24) is 0 Å². The third-order valence-corrected chi connectivity index (χ3v) is 5.31. The SMILES string of the molecule is CO[Si](CC(N)C(N)CCN)(OC)OC. The van der Waals surface area contributed by atoms with Gasteiger partial charge in [0.2, 0.25) is 0 Å². The van der Waals surface area contributed by atoms with Crippen LogP contribution in [-0.2, 0) is 13.3 Å². The molecule has 0 aromatic carbocycles. The monoisotopic (exact) mass is 237 g/mol. The molecule has 0 spiro atoms. The normalized spacial score (nSPS) is 16.4. The zero-order valence-electron chi connectivity index (χ0n) is 9.73. The lowest BCUT2D eigenvalue weighted by atomic mass is 10.1. The first-order valence-corrected chi connectivity index (χ1v) is 6.85. The Kier molecular flexibility index (Phi) is 7.27. The molecule has 2 unspecified atom stereocenters. The number of hydrogen-bond acceptors (Lipinski definition) is 6. The van der Waals surface area contributed by atoms with Crippen molar-refractivity contribution in [1.29, 1.82) is 0 Å². The van der Waals surface area contributed by atoms with Crippen molar-refractivity contribution in [3.8, 4) is 0 Å². The van der Waals surface area contributed by atoms with Crippen LogP contribution in [0.3, 0.4) is 0 Å². The first kappa shape index (κ1) is 15.0. The molecule has 15 heavy (non-hydrogen) atoms. The zero-order chi connectivity index (χ0) is 11.9. The highest BCUT2D eigenvalue weighted by atomic mass is 28.4. The predicted octanol–water partition coefficient (Wildman–Crippen LogP) is -1.13. The molecule has 0 aliphatic rings. The van der Waals surface area contributed by atoms with Gasteiger partial charge in [0.05, 0.1) is 0 Å². The first-order chi connectivity index (χ1) is 7.05. The van der Waals surface area contributed by atoms with E-state index < -0.39 is 8.80 Å². The van der Waals surface area contributed by atoms with Gasteiger partial charge in [-0.15, -0.1) is 0 Å². The van der Waals surface area contributed by atoms with Gasteiger partial charge >= 0.3 is 8.80 Å². The largest absolute Gasteiger partial charge is 0.501 e. The molecule has 7 heteroatoms. The summed E-state index contributed by atoms with van der Waals surface area (Å²) in [6.45, 7) is 0.524. The van der Waals surface area contributed by atoms with Crippen molar-refractivity contribution in [3.63, 3.8) is 0 Å². The van der Waals surface area contributed by atoms with Crippen LogP contribution in [0.15, 0.2) is 0 Å². The Balaban J connectivity index is 4.27. The molecule has 0 fully saturated rings. The average Bonchev–Trinajstić information content (AvgIpc) is 2.26. The van der Waals surface area contributed by atoms with Crippen LogP contribution in [-0.4, -0.2) is 48.8 Å². The molecule has 0 rings (SSSR count). The van der Waals surface area contributed by atoms with E-state index in [-0.39, 0.29) is 12.1 Å². The van der Waals surface area contributed by atoms with Gasteiger partial charge in [0.1, 0.15) is 0 Å². The summed E-state index contributed by atoms with van der Waals surface area (Å²) < 4.78 is 15.8. The van der Waals surface area contributed by atoms with Crippen LogP contribution in [0.5, 0.6) is 0 Å².